The van der Waals surface area contributed by atoms with Gasteiger partial charge in [0.1, 0.15) is 11.6 Å². The van der Waals surface area contributed by atoms with Gasteiger partial charge in [0.05, 0.1) is 18.0 Å². The Bertz CT molecular complexity index is 1160. The molecule has 1 aromatic heterocycles. The van der Waals surface area contributed by atoms with Crippen molar-refractivity contribution in [3.8, 4) is 11.4 Å². The minimum absolute atomic E-state index is 0.0688. The Balaban J connectivity index is 2.03. The number of carbonyl (C=O) groups is 1. The van der Waals surface area contributed by atoms with E-state index in [9.17, 15) is 19.4 Å². The summed E-state index contributed by atoms with van der Waals surface area (Å²) >= 11 is 0. The average Bonchev–Trinajstić information content (AvgIpc) is 2.97. The van der Waals surface area contributed by atoms with Crippen LogP contribution in [0.15, 0.2) is 36.4 Å². The van der Waals surface area contributed by atoms with E-state index in [1.165, 1.54) is 6.07 Å². The van der Waals surface area contributed by atoms with Gasteiger partial charge in [-0.05, 0) is 73.2 Å². The van der Waals surface area contributed by atoms with E-state index in [2.05, 4.69) is 18.4 Å². The van der Waals surface area contributed by atoms with Gasteiger partial charge in [-0.1, -0.05) is 13.8 Å². The molecule has 1 fully saturated rings. The fourth-order valence-corrected chi connectivity index (χ4v) is 4.90. The number of methoxy groups -OCH3 is 1. The van der Waals surface area contributed by atoms with E-state index in [1.54, 1.807) is 32.2 Å². The molecule has 0 amide bonds. The minimum atomic E-state index is -0.769. The van der Waals surface area contributed by atoms with E-state index >= 15 is 0 Å². The molecule has 0 unspecified atom stereocenters. The molecule has 6 heteroatoms. The molecule has 0 atom stereocenters. The van der Waals surface area contributed by atoms with Gasteiger partial charge in [0.25, 0.3) is 0 Å². The third kappa shape index (κ3) is 3.59. The van der Waals surface area contributed by atoms with Crippen molar-refractivity contribution in [2.45, 2.75) is 44.9 Å². The van der Waals surface area contributed by atoms with Crippen molar-refractivity contribution in [1.29, 1.82) is 0 Å². The molecule has 2 aromatic carbocycles. The predicted octanol–water partition coefficient (Wildman–Crippen LogP) is 5.29. The molecule has 1 heterocycles. The molecule has 0 spiro atoms. The topological polar surface area (TPSA) is 71.7 Å². The highest BCUT2D eigenvalue weighted by Crippen LogP contribution is 2.50. The first-order chi connectivity index (χ1) is 14.6. The maximum atomic E-state index is 14.0. The number of carboxylic acid groups (broad SMARTS) is 1. The highest BCUT2D eigenvalue weighted by atomic mass is 19.1. The zero-order valence-electron chi connectivity index (χ0n) is 18.3. The molecule has 5 nitrogen and oxygen atoms in total. The molecule has 1 aliphatic carbocycles. The van der Waals surface area contributed by atoms with E-state index in [4.69, 9.17) is 4.74 Å². The highest BCUT2D eigenvalue weighted by molar-refractivity contribution is 5.90. The van der Waals surface area contributed by atoms with E-state index in [0.29, 0.717) is 25.0 Å². The lowest BCUT2D eigenvalue weighted by atomic mass is 9.68. The van der Waals surface area contributed by atoms with Gasteiger partial charge >= 0.3 is 5.97 Å². The summed E-state index contributed by atoms with van der Waals surface area (Å²) in [6.45, 7) is 6.38. The van der Waals surface area contributed by atoms with E-state index in [0.717, 1.165) is 27.8 Å². The van der Waals surface area contributed by atoms with Gasteiger partial charge in [0, 0.05) is 29.3 Å². The third-order valence-electron chi connectivity index (χ3n) is 6.43. The second-order valence-corrected chi connectivity index (χ2v) is 9.25. The number of aromatic nitrogens is 1. The maximum absolute atomic E-state index is 14.0. The number of ether oxygens (including phenoxy) is 1. The van der Waals surface area contributed by atoms with Crippen LogP contribution in [0.3, 0.4) is 0 Å². The molecule has 2 N–H and O–H groups in total. The highest BCUT2D eigenvalue weighted by Gasteiger charge is 2.41. The van der Waals surface area contributed by atoms with Gasteiger partial charge in [0.2, 0.25) is 0 Å². The Morgan fingerprint density at radius 1 is 1.23 bits per heavy atom. The third-order valence-corrected chi connectivity index (χ3v) is 6.43. The van der Waals surface area contributed by atoms with Crippen LogP contribution in [-0.2, 0) is 14.9 Å². The van der Waals surface area contributed by atoms with E-state index < -0.39 is 11.4 Å². The summed E-state index contributed by atoms with van der Waals surface area (Å²) in [7, 11) is 1.66. The maximum Gasteiger partial charge on any atom is 0.306 e. The first kappa shape index (κ1) is 21.4. The van der Waals surface area contributed by atoms with Crippen molar-refractivity contribution in [2.24, 2.45) is 5.92 Å². The average molecular weight is 426 g/mol. The Labute approximate surface area is 181 Å². The number of benzene rings is 2. The van der Waals surface area contributed by atoms with Crippen LogP contribution >= 0.6 is 0 Å². The number of aromatic hydroxyl groups is 1. The predicted molar refractivity (Wildman–Crippen MR) is 118 cm³/mol. The monoisotopic (exact) mass is 425 g/mol. The number of hydrogen-bond acceptors (Lipinski definition) is 3. The van der Waals surface area contributed by atoms with Crippen LogP contribution in [0.1, 0.15) is 49.4 Å². The second kappa shape index (κ2) is 7.68. The van der Waals surface area contributed by atoms with E-state index in [1.807, 2.05) is 12.1 Å². The van der Waals surface area contributed by atoms with Crippen LogP contribution < -0.4 is 0 Å². The van der Waals surface area contributed by atoms with Crippen LogP contribution in [0, 0.1) is 18.7 Å². The SMILES string of the molecule is COCC(C)(C)c1c([C@H]2C[C@@H](C(=O)O)C2)c2cc(O)ccc2n1-c1ccc(F)c(C)c1. The van der Waals surface area contributed by atoms with Crippen LogP contribution in [-0.4, -0.2) is 34.5 Å². The number of aliphatic carboxylic acids is 1. The largest absolute Gasteiger partial charge is 0.508 e. The van der Waals surface area contributed by atoms with Crippen molar-refractivity contribution in [2.75, 3.05) is 13.7 Å². The lowest BCUT2D eigenvalue weighted by Gasteiger charge is -2.36. The summed E-state index contributed by atoms with van der Waals surface area (Å²) < 4.78 is 21.7. The Hall–Kier alpha value is -2.86. The van der Waals surface area contributed by atoms with Gasteiger partial charge < -0.3 is 19.5 Å². The Morgan fingerprint density at radius 2 is 1.94 bits per heavy atom. The Kier molecular flexibility index (Phi) is 5.30. The second-order valence-electron chi connectivity index (χ2n) is 9.25. The van der Waals surface area contributed by atoms with Crippen LogP contribution in [0.5, 0.6) is 5.75 Å². The van der Waals surface area contributed by atoms with Crippen molar-refractivity contribution in [3.05, 3.63) is 59.0 Å². The molecule has 0 saturated heterocycles. The fraction of sp³-hybridized carbons (Fsp3) is 0.400. The molecule has 3 aromatic rings. The van der Waals surface area contributed by atoms with E-state index in [-0.39, 0.29) is 23.4 Å². The van der Waals surface area contributed by atoms with Crippen molar-refractivity contribution < 1.29 is 24.1 Å². The molecule has 31 heavy (non-hydrogen) atoms. The molecule has 0 bridgehead atoms. The number of fused-ring (bicyclic) bond motifs is 1. The molecule has 1 aliphatic rings. The number of aryl methyl sites for hydroxylation is 1. The smallest absolute Gasteiger partial charge is 0.306 e. The lowest BCUT2D eigenvalue weighted by Crippen LogP contribution is -2.33. The summed E-state index contributed by atoms with van der Waals surface area (Å²) in [5.41, 5.74) is 3.92. The number of phenols is 1. The molecule has 0 radical (unpaired) electrons. The molecule has 0 aliphatic heterocycles. The number of hydrogen-bond donors (Lipinski definition) is 2. The van der Waals surface area contributed by atoms with Crippen LogP contribution in [0.25, 0.3) is 16.6 Å². The van der Waals surface area contributed by atoms with Crippen LogP contribution in [0.2, 0.25) is 0 Å². The molecule has 164 valence electrons. The minimum Gasteiger partial charge on any atom is -0.508 e. The zero-order valence-corrected chi connectivity index (χ0v) is 18.3. The number of nitrogens with zero attached hydrogens (tertiary/aromatic N) is 1. The summed E-state index contributed by atoms with van der Waals surface area (Å²) in [5.74, 6) is -1.16. The van der Waals surface area contributed by atoms with Gasteiger partial charge in [0.15, 0.2) is 0 Å². The quantitative estimate of drug-likeness (QED) is 0.563. The zero-order chi connectivity index (χ0) is 22.5. The van der Waals surface area contributed by atoms with Gasteiger partial charge in [-0.3, -0.25) is 4.79 Å². The normalized spacial score (nSPS) is 18.9. The van der Waals surface area contributed by atoms with Crippen molar-refractivity contribution >= 4 is 16.9 Å². The van der Waals surface area contributed by atoms with Gasteiger partial charge in [-0.15, -0.1) is 0 Å². The lowest BCUT2D eigenvalue weighted by molar-refractivity contribution is -0.145. The first-order valence-corrected chi connectivity index (χ1v) is 10.5. The van der Waals surface area contributed by atoms with Gasteiger partial charge in [-0.25, -0.2) is 4.39 Å². The summed E-state index contributed by atoms with van der Waals surface area (Å²) in [5, 5.41) is 20.6. The first-order valence-electron chi connectivity index (χ1n) is 10.5. The number of carboxylic acids is 1. The van der Waals surface area contributed by atoms with Crippen LogP contribution in [0.4, 0.5) is 4.39 Å². The summed E-state index contributed by atoms with van der Waals surface area (Å²) in [6.07, 6.45) is 1.12. The summed E-state index contributed by atoms with van der Waals surface area (Å²) in [4.78, 5) is 11.5. The molecular weight excluding hydrogens is 397 g/mol. The molecule has 4 rings (SSSR count). The van der Waals surface area contributed by atoms with Crippen molar-refractivity contribution in [3.63, 3.8) is 0 Å². The number of phenolic OH excluding ortho intramolecular Hbond substituents is 1. The molecule has 1 saturated carbocycles. The van der Waals surface area contributed by atoms with Gasteiger partial charge in [-0.2, -0.15) is 0 Å². The number of rotatable bonds is 6. The summed E-state index contributed by atoms with van der Waals surface area (Å²) in [6, 6.07) is 10.3. The molecular formula is C25H28FNO4. The number of halogens is 1. The standard InChI is InChI=1S/C25H28FNO4/c1-14-9-17(5-7-20(14)26)27-21-8-6-18(28)12-19(21)22(15-10-16(11-15)24(29)30)23(27)25(2,3)13-31-4/h5-9,12,15-16,28H,10-11,13H2,1-4H3,(H,29,30)/t15-,16+. The Morgan fingerprint density at radius 3 is 2.55 bits per heavy atom. The van der Waals surface area contributed by atoms with Crippen molar-refractivity contribution in [1.82, 2.24) is 4.57 Å². The fourth-order valence-electron chi connectivity index (χ4n) is 4.90.